The number of aryl methyl sites for hydroxylation is 1. The summed E-state index contributed by atoms with van der Waals surface area (Å²) in [5.74, 6) is 0.521. The molecule has 0 fully saturated rings. The molecule has 1 aliphatic heterocycles. The predicted octanol–water partition coefficient (Wildman–Crippen LogP) is 2.33. The first kappa shape index (κ1) is 14.6. The van der Waals surface area contributed by atoms with Crippen molar-refractivity contribution < 1.29 is 14.3 Å². The normalized spacial score (nSPS) is 13.0. The molecule has 0 saturated carbocycles. The molecule has 2 heterocycles. The summed E-state index contributed by atoms with van der Waals surface area (Å²) < 4.78 is 5.36. The smallest absolute Gasteiger partial charge is 0.262 e. The van der Waals surface area contributed by atoms with Gasteiger partial charge in [0.15, 0.2) is 6.61 Å². The second-order valence-corrected chi connectivity index (χ2v) is 6.06. The van der Waals surface area contributed by atoms with Crippen molar-refractivity contribution in [3.8, 4) is 5.75 Å². The van der Waals surface area contributed by atoms with Gasteiger partial charge >= 0.3 is 0 Å². The fraction of sp³-hybridized carbons (Fsp3) is 0.250. The largest absolute Gasteiger partial charge is 0.482 e. The van der Waals surface area contributed by atoms with Gasteiger partial charge in [0.1, 0.15) is 5.75 Å². The Hall–Kier alpha value is -2.34. The van der Waals surface area contributed by atoms with Gasteiger partial charge in [-0.1, -0.05) is 12.1 Å². The predicted molar refractivity (Wildman–Crippen MR) is 85.1 cm³/mol. The zero-order chi connectivity index (χ0) is 15.4. The molecule has 0 unspecified atom stereocenters. The van der Waals surface area contributed by atoms with E-state index < -0.39 is 0 Å². The van der Waals surface area contributed by atoms with E-state index in [1.165, 1.54) is 4.88 Å². The van der Waals surface area contributed by atoms with Gasteiger partial charge in [0.2, 0.25) is 5.91 Å². The molecule has 1 aromatic carbocycles. The van der Waals surface area contributed by atoms with Gasteiger partial charge in [0.05, 0.1) is 5.69 Å². The van der Waals surface area contributed by atoms with E-state index in [9.17, 15) is 9.59 Å². The summed E-state index contributed by atoms with van der Waals surface area (Å²) >= 11 is 1.66. The summed E-state index contributed by atoms with van der Waals surface area (Å²) in [4.78, 5) is 24.3. The highest BCUT2D eigenvalue weighted by atomic mass is 32.1. The number of nitrogens with one attached hydrogen (secondary N) is 2. The highest BCUT2D eigenvalue weighted by molar-refractivity contribution is 7.09. The molecule has 2 amide bonds. The van der Waals surface area contributed by atoms with Crippen LogP contribution in [0.25, 0.3) is 0 Å². The molecule has 0 saturated heterocycles. The van der Waals surface area contributed by atoms with Crippen molar-refractivity contribution >= 4 is 28.8 Å². The van der Waals surface area contributed by atoms with Crippen LogP contribution in [0.2, 0.25) is 0 Å². The molecule has 22 heavy (non-hydrogen) atoms. The number of thiophene rings is 1. The molecule has 0 aliphatic carbocycles. The lowest BCUT2D eigenvalue weighted by atomic mass is 10.1. The second kappa shape index (κ2) is 6.62. The van der Waals surface area contributed by atoms with E-state index in [2.05, 4.69) is 10.6 Å². The van der Waals surface area contributed by atoms with E-state index in [4.69, 9.17) is 4.74 Å². The first-order valence-electron chi connectivity index (χ1n) is 7.05. The Bertz CT molecular complexity index is 683. The molecule has 0 spiro atoms. The minimum Gasteiger partial charge on any atom is -0.482 e. The Labute approximate surface area is 132 Å². The third-order valence-corrected chi connectivity index (χ3v) is 4.28. The van der Waals surface area contributed by atoms with Crippen LogP contribution in [-0.4, -0.2) is 18.4 Å². The Morgan fingerprint density at radius 2 is 2.27 bits per heavy atom. The number of fused-ring (bicyclic) bond motifs is 1. The number of carbonyl (C=O) groups is 2. The molecule has 0 bridgehead atoms. The van der Waals surface area contributed by atoms with Gasteiger partial charge in [-0.3, -0.25) is 9.59 Å². The van der Waals surface area contributed by atoms with Gasteiger partial charge in [-0.2, -0.15) is 0 Å². The molecular weight excluding hydrogens is 300 g/mol. The summed E-state index contributed by atoms with van der Waals surface area (Å²) in [6.07, 6.45) is 1.25. The monoisotopic (exact) mass is 316 g/mol. The highest BCUT2D eigenvalue weighted by Crippen LogP contribution is 2.28. The van der Waals surface area contributed by atoms with E-state index in [0.717, 1.165) is 12.0 Å². The SMILES string of the molecule is O=C(CCc1cccs1)NCc1ccc2c(c1)OCC(=O)N2. The number of hydrogen-bond donors (Lipinski definition) is 2. The molecule has 5 nitrogen and oxygen atoms in total. The van der Waals surface area contributed by atoms with Gasteiger partial charge in [0.25, 0.3) is 5.91 Å². The topological polar surface area (TPSA) is 67.4 Å². The molecular formula is C16H16N2O3S. The standard InChI is InChI=1S/C16H16N2O3S/c19-15(6-4-12-2-1-7-22-12)17-9-11-3-5-13-14(8-11)21-10-16(20)18-13/h1-3,5,7-8H,4,6,9-10H2,(H,17,19)(H,18,20). The Balaban J connectivity index is 1.51. The maximum absolute atomic E-state index is 11.8. The van der Waals surface area contributed by atoms with Crippen LogP contribution in [0.15, 0.2) is 35.7 Å². The Morgan fingerprint density at radius 1 is 1.36 bits per heavy atom. The van der Waals surface area contributed by atoms with Crippen LogP contribution < -0.4 is 15.4 Å². The maximum atomic E-state index is 11.8. The zero-order valence-corrected chi connectivity index (χ0v) is 12.7. The van der Waals surface area contributed by atoms with Crippen LogP contribution >= 0.6 is 11.3 Å². The molecule has 1 aromatic heterocycles. The number of hydrogen-bond acceptors (Lipinski definition) is 4. The lowest BCUT2D eigenvalue weighted by Crippen LogP contribution is -2.26. The third-order valence-electron chi connectivity index (χ3n) is 3.35. The van der Waals surface area contributed by atoms with Crippen LogP contribution in [0, 0.1) is 0 Å². The van der Waals surface area contributed by atoms with Crippen molar-refractivity contribution in [3.63, 3.8) is 0 Å². The molecule has 3 rings (SSSR count). The number of benzene rings is 1. The summed E-state index contributed by atoms with van der Waals surface area (Å²) in [6, 6.07) is 9.53. The van der Waals surface area contributed by atoms with Gasteiger partial charge in [-0.15, -0.1) is 11.3 Å². The minimum atomic E-state index is -0.151. The van der Waals surface area contributed by atoms with Crippen LogP contribution in [0.3, 0.4) is 0 Å². The zero-order valence-electron chi connectivity index (χ0n) is 11.9. The van der Waals surface area contributed by atoms with Crippen molar-refractivity contribution in [1.29, 1.82) is 0 Å². The highest BCUT2D eigenvalue weighted by Gasteiger charge is 2.15. The number of rotatable bonds is 5. The molecule has 2 aromatic rings. The van der Waals surface area contributed by atoms with Crippen molar-refractivity contribution in [3.05, 3.63) is 46.2 Å². The fourth-order valence-electron chi connectivity index (χ4n) is 2.21. The van der Waals surface area contributed by atoms with E-state index in [1.54, 1.807) is 17.4 Å². The third kappa shape index (κ3) is 3.65. The van der Waals surface area contributed by atoms with E-state index >= 15 is 0 Å². The number of carbonyl (C=O) groups excluding carboxylic acids is 2. The van der Waals surface area contributed by atoms with Gasteiger partial charge in [-0.25, -0.2) is 0 Å². The molecule has 1 aliphatic rings. The molecule has 2 N–H and O–H groups in total. The van der Waals surface area contributed by atoms with Gasteiger partial charge in [-0.05, 0) is 35.6 Å². The summed E-state index contributed by atoms with van der Waals surface area (Å²) in [5, 5.41) is 7.65. The fourth-order valence-corrected chi connectivity index (χ4v) is 2.92. The summed E-state index contributed by atoms with van der Waals surface area (Å²) in [7, 11) is 0. The van der Waals surface area contributed by atoms with Crippen molar-refractivity contribution in [2.75, 3.05) is 11.9 Å². The maximum Gasteiger partial charge on any atom is 0.262 e. The van der Waals surface area contributed by atoms with Crippen LogP contribution in [0.1, 0.15) is 16.9 Å². The quantitative estimate of drug-likeness (QED) is 0.889. The molecule has 0 atom stereocenters. The lowest BCUT2D eigenvalue weighted by molar-refractivity contribution is -0.121. The van der Waals surface area contributed by atoms with Gasteiger partial charge < -0.3 is 15.4 Å². The van der Waals surface area contributed by atoms with Crippen LogP contribution in [0.4, 0.5) is 5.69 Å². The van der Waals surface area contributed by atoms with Crippen molar-refractivity contribution in [2.45, 2.75) is 19.4 Å². The first-order valence-corrected chi connectivity index (χ1v) is 7.93. The van der Waals surface area contributed by atoms with Crippen molar-refractivity contribution in [1.82, 2.24) is 5.32 Å². The van der Waals surface area contributed by atoms with Crippen LogP contribution in [0.5, 0.6) is 5.75 Å². The van der Waals surface area contributed by atoms with E-state index in [-0.39, 0.29) is 18.4 Å². The van der Waals surface area contributed by atoms with E-state index in [0.29, 0.717) is 24.4 Å². The van der Waals surface area contributed by atoms with Crippen molar-refractivity contribution in [2.24, 2.45) is 0 Å². The number of amides is 2. The van der Waals surface area contributed by atoms with Gasteiger partial charge in [0, 0.05) is 17.8 Å². The van der Waals surface area contributed by atoms with Crippen LogP contribution in [-0.2, 0) is 22.6 Å². The second-order valence-electron chi connectivity index (χ2n) is 5.02. The Kier molecular flexibility index (Phi) is 4.39. The molecule has 0 radical (unpaired) electrons. The average Bonchev–Trinajstić information content (AvgIpc) is 3.04. The number of ether oxygens (including phenoxy) is 1. The summed E-state index contributed by atoms with van der Waals surface area (Å²) in [6.45, 7) is 0.484. The first-order chi connectivity index (χ1) is 10.7. The lowest BCUT2D eigenvalue weighted by Gasteiger charge is -2.18. The molecule has 6 heteroatoms. The minimum absolute atomic E-state index is 0.0281. The average molecular weight is 316 g/mol. The molecule has 114 valence electrons. The Morgan fingerprint density at radius 3 is 3.09 bits per heavy atom. The summed E-state index contributed by atoms with van der Waals surface area (Å²) in [5.41, 5.74) is 1.61. The number of anilines is 1. The van der Waals surface area contributed by atoms with E-state index in [1.807, 2.05) is 29.6 Å².